The van der Waals surface area contributed by atoms with Crippen LogP contribution in [0.5, 0.6) is 0 Å². The second-order valence-electron chi connectivity index (χ2n) is 6.62. The highest BCUT2D eigenvalue weighted by molar-refractivity contribution is 5.72. The molecule has 0 spiro atoms. The van der Waals surface area contributed by atoms with Gasteiger partial charge in [-0.2, -0.15) is 0 Å². The molecule has 20 heavy (non-hydrogen) atoms. The Morgan fingerprint density at radius 3 is 1.90 bits per heavy atom. The molecule has 0 amide bonds. The number of rotatable bonds is 6. The van der Waals surface area contributed by atoms with E-state index >= 15 is 0 Å². The summed E-state index contributed by atoms with van der Waals surface area (Å²) in [5.41, 5.74) is -1.16. The normalized spacial score (nSPS) is 25.0. The van der Waals surface area contributed by atoms with E-state index in [1.807, 2.05) is 27.7 Å². The fourth-order valence-corrected chi connectivity index (χ4v) is 3.05. The Kier molecular flexibility index (Phi) is 4.78. The molecule has 1 saturated heterocycles. The van der Waals surface area contributed by atoms with E-state index in [0.29, 0.717) is 6.42 Å². The molecular weight excluding hydrogens is 264 g/mol. The molecule has 115 valence electrons. The molecule has 2 N–H and O–H groups in total. The molecule has 1 aliphatic rings. The van der Waals surface area contributed by atoms with E-state index in [1.165, 1.54) is 4.90 Å². The summed E-state index contributed by atoms with van der Waals surface area (Å²) in [5, 5.41) is 31.0. The molecular formula is C13H23N2O5. The molecule has 1 aliphatic heterocycles. The summed E-state index contributed by atoms with van der Waals surface area (Å²) >= 11 is 0. The standard InChI is InChI=1S/C13H23N2O5/c1-12(2)5-9(13(3,4)15(12)20)6-14(7-10(16)17)8-11(18)19/h9H,5-8H2,1-4H3,(H,16,17)(H,18,19). The number of aliphatic carboxylic acids is 2. The van der Waals surface area contributed by atoms with Gasteiger partial charge in [0.2, 0.25) is 0 Å². The van der Waals surface area contributed by atoms with E-state index < -0.39 is 23.0 Å². The van der Waals surface area contributed by atoms with Crippen LogP contribution in [-0.4, -0.2) is 62.8 Å². The van der Waals surface area contributed by atoms with Crippen LogP contribution in [0.15, 0.2) is 0 Å². The maximum Gasteiger partial charge on any atom is 0.317 e. The van der Waals surface area contributed by atoms with Crippen LogP contribution in [0.25, 0.3) is 0 Å². The molecule has 0 aliphatic carbocycles. The average molecular weight is 287 g/mol. The molecule has 1 rings (SSSR count). The lowest BCUT2D eigenvalue weighted by molar-refractivity contribution is -0.248. The maximum atomic E-state index is 12.3. The van der Waals surface area contributed by atoms with Crippen LogP contribution in [-0.2, 0) is 14.8 Å². The summed E-state index contributed by atoms with van der Waals surface area (Å²) in [6.07, 6.45) is 0.610. The molecule has 7 nitrogen and oxygen atoms in total. The van der Waals surface area contributed by atoms with Crippen LogP contribution < -0.4 is 0 Å². The second kappa shape index (κ2) is 5.67. The topological polar surface area (TPSA) is 101 Å². The quantitative estimate of drug-likeness (QED) is 0.745. The Morgan fingerprint density at radius 1 is 1.15 bits per heavy atom. The van der Waals surface area contributed by atoms with Crippen molar-refractivity contribution in [2.75, 3.05) is 19.6 Å². The van der Waals surface area contributed by atoms with Crippen molar-refractivity contribution in [2.24, 2.45) is 5.92 Å². The van der Waals surface area contributed by atoms with Gasteiger partial charge in [-0.15, -0.1) is 10.3 Å². The zero-order valence-electron chi connectivity index (χ0n) is 12.4. The molecule has 0 bridgehead atoms. The highest BCUT2D eigenvalue weighted by Gasteiger charge is 2.52. The van der Waals surface area contributed by atoms with E-state index in [1.54, 1.807) is 0 Å². The lowest BCUT2D eigenvalue weighted by Gasteiger charge is -2.35. The molecule has 1 fully saturated rings. The van der Waals surface area contributed by atoms with Gasteiger partial charge in [0.25, 0.3) is 0 Å². The first-order valence-corrected chi connectivity index (χ1v) is 6.60. The predicted octanol–water partition coefficient (Wildman–Crippen LogP) is 0.682. The summed E-state index contributed by atoms with van der Waals surface area (Å²) in [5.74, 6) is -2.21. The van der Waals surface area contributed by atoms with Gasteiger partial charge in [-0.1, -0.05) is 0 Å². The van der Waals surface area contributed by atoms with E-state index in [4.69, 9.17) is 10.2 Å². The summed E-state index contributed by atoms with van der Waals surface area (Å²) < 4.78 is 0. The summed E-state index contributed by atoms with van der Waals surface area (Å²) in [7, 11) is 0. The summed E-state index contributed by atoms with van der Waals surface area (Å²) in [6, 6.07) is 0. The molecule has 0 aromatic rings. The number of hydroxylamine groups is 2. The van der Waals surface area contributed by atoms with Gasteiger partial charge in [0, 0.05) is 17.6 Å². The second-order valence-corrected chi connectivity index (χ2v) is 6.62. The molecule has 7 heteroatoms. The Balaban J connectivity index is 2.82. The van der Waals surface area contributed by atoms with Crippen molar-refractivity contribution in [1.82, 2.24) is 9.96 Å². The number of carboxylic acids is 2. The number of nitrogens with zero attached hydrogens (tertiary/aromatic N) is 2. The van der Waals surface area contributed by atoms with Gasteiger partial charge in [-0.3, -0.25) is 14.5 Å². The number of hydrogen-bond acceptors (Lipinski definition) is 4. The number of carboxylic acid groups (broad SMARTS) is 2. The van der Waals surface area contributed by atoms with Crippen LogP contribution in [0.2, 0.25) is 0 Å². The first-order chi connectivity index (χ1) is 8.96. The molecule has 1 unspecified atom stereocenters. The van der Waals surface area contributed by atoms with Crippen LogP contribution >= 0.6 is 0 Å². The molecule has 0 aromatic carbocycles. The van der Waals surface area contributed by atoms with Crippen molar-refractivity contribution in [1.29, 1.82) is 0 Å². The Hall–Kier alpha value is -1.18. The zero-order valence-corrected chi connectivity index (χ0v) is 12.4. The van der Waals surface area contributed by atoms with Gasteiger partial charge < -0.3 is 10.2 Å². The van der Waals surface area contributed by atoms with E-state index in [-0.39, 0.29) is 25.6 Å². The maximum absolute atomic E-state index is 12.3. The first kappa shape index (κ1) is 16.9. The minimum absolute atomic E-state index is 0.0753. The van der Waals surface area contributed by atoms with Crippen LogP contribution in [0.1, 0.15) is 34.1 Å². The average Bonchev–Trinajstić information content (AvgIpc) is 2.37. The van der Waals surface area contributed by atoms with Crippen molar-refractivity contribution < 1.29 is 25.0 Å². The number of carbonyl (C=O) groups is 2. The molecule has 1 radical (unpaired) electrons. The summed E-state index contributed by atoms with van der Waals surface area (Å²) in [6.45, 7) is 6.95. The smallest absolute Gasteiger partial charge is 0.317 e. The predicted molar refractivity (Wildman–Crippen MR) is 70.5 cm³/mol. The lowest BCUT2D eigenvalue weighted by Crippen LogP contribution is -2.48. The van der Waals surface area contributed by atoms with Gasteiger partial charge in [0.15, 0.2) is 0 Å². The third kappa shape index (κ3) is 3.68. The summed E-state index contributed by atoms with van der Waals surface area (Å²) in [4.78, 5) is 23.0. The van der Waals surface area contributed by atoms with Gasteiger partial charge in [0.1, 0.15) is 0 Å². The first-order valence-electron chi connectivity index (χ1n) is 6.60. The highest BCUT2D eigenvalue weighted by atomic mass is 16.5. The number of hydrogen-bond donors (Lipinski definition) is 2. The zero-order chi connectivity index (χ0) is 15.7. The van der Waals surface area contributed by atoms with Crippen molar-refractivity contribution >= 4 is 11.9 Å². The van der Waals surface area contributed by atoms with E-state index in [2.05, 4.69) is 0 Å². The monoisotopic (exact) mass is 287 g/mol. The van der Waals surface area contributed by atoms with Crippen molar-refractivity contribution in [3.05, 3.63) is 0 Å². The van der Waals surface area contributed by atoms with E-state index in [0.717, 1.165) is 5.06 Å². The Labute approximate surface area is 118 Å². The Morgan fingerprint density at radius 2 is 1.60 bits per heavy atom. The fraction of sp³-hybridized carbons (Fsp3) is 0.846. The molecule has 0 aromatic heterocycles. The minimum atomic E-state index is -1.07. The third-order valence-electron chi connectivity index (χ3n) is 4.01. The van der Waals surface area contributed by atoms with Gasteiger partial charge in [0.05, 0.1) is 13.1 Å². The SMILES string of the molecule is CC1(C)CC(CN(CC(=O)O)CC(=O)O)C(C)(C)N1[O]. The van der Waals surface area contributed by atoms with Gasteiger partial charge in [-0.25, -0.2) is 0 Å². The van der Waals surface area contributed by atoms with Crippen molar-refractivity contribution in [3.8, 4) is 0 Å². The highest BCUT2D eigenvalue weighted by Crippen LogP contribution is 2.43. The van der Waals surface area contributed by atoms with Crippen LogP contribution in [0, 0.1) is 5.92 Å². The van der Waals surface area contributed by atoms with Crippen LogP contribution in [0.3, 0.4) is 0 Å². The van der Waals surface area contributed by atoms with Gasteiger partial charge in [-0.05, 0) is 40.0 Å². The lowest BCUT2D eigenvalue weighted by atomic mass is 9.86. The van der Waals surface area contributed by atoms with Crippen molar-refractivity contribution in [2.45, 2.75) is 45.2 Å². The largest absolute Gasteiger partial charge is 0.480 e. The van der Waals surface area contributed by atoms with Crippen LogP contribution in [0.4, 0.5) is 0 Å². The Bertz CT molecular complexity index is 378. The van der Waals surface area contributed by atoms with Gasteiger partial charge >= 0.3 is 11.9 Å². The third-order valence-corrected chi connectivity index (χ3v) is 4.01. The molecule has 1 heterocycles. The van der Waals surface area contributed by atoms with Crippen molar-refractivity contribution in [3.63, 3.8) is 0 Å². The fourth-order valence-electron chi connectivity index (χ4n) is 3.05. The minimum Gasteiger partial charge on any atom is -0.480 e. The van der Waals surface area contributed by atoms with E-state index in [9.17, 15) is 14.8 Å². The molecule has 1 atom stereocenters. The molecule has 0 saturated carbocycles.